The van der Waals surface area contributed by atoms with Crippen LogP contribution in [0.1, 0.15) is 15.9 Å². The van der Waals surface area contributed by atoms with E-state index in [0.29, 0.717) is 22.2 Å². The Morgan fingerprint density at radius 2 is 1.56 bits per heavy atom. The maximum Gasteiger partial charge on any atom is 0.204 e. The lowest BCUT2D eigenvalue weighted by Crippen LogP contribution is -2.18. The number of hydrogen-bond donors (Lipinski definition) is 0. The SMILES string of the molecule is O=C(c1ccccc1)c1c(-c2ccccn2)oc2ccccc2c1=O. The van der Waals surface area contributed by atoms with Gasteiger partial charge in [-0.1, -0.05) is 48.5 Å². The molecule has 2 heterocycles. The number of rotatable bonds is 3. The highest BCUT2D eigenvalue weighted by Crippen LogP contribution is 2.26. The molecule has 0 spiro atoms. The molecule has 0 aliphatic heterocycles. The summed E-state index contributed by atoms with van der Waals surface area (Å²) in [7, 11) is 0. The first kappa shape index (κ1) is 15.0. The lowest BCUT2D eigenvalue weighted by molar-refractivity contribution is 0.103. The minimum atomic E-state index is -0.374. The van der Waals surface area contributed by atoms with Crippen LogP contribution in [0, 0.1) is 0 Å². The molecule has 0 saturated heterocycles. The Hall–Kier alpha value is -3.53. The Morgan fingerprint density at radius 1 is 0.840 bits per heavy atom. The fourth-order valence-corrected chi connectivity index (χ4v) is 2.76. The van der Waals surface area contributed by atoms with E-state index in [4.69, 9.17) is 4.42 Å². The van der Waals surface area contributed by atoms with Crippen molar-refractivity contribution in [3.8, 4) is 11.5 Å². The summed E-state index contributed by atoms with van der Waals surface area (Å²) in [4.78, 5) is 30.3. The van der Waals surface area contributed by atoms with Gasteiger partial charge in [0.2, 0.25) is 11.2 Å². The van der Waals surface area contributed by atoms with Crippen molar-refractivity contribution in [2.45, 2.75) is 0 Å². The van der Waals surface area contributed by atoms with Crippen molar-refractivity contribution in [3.63, 3.8) is 0 Å². The number of benzene rings is 2. The molecule has 0 fully saturated rings. The van der Waals surface area contributed by atoms with Crippen molar-refractivity contribution in [2.24, 2.45) is 0 Å². The molecule has 4 heteroatoms. The minimum Gasteiger partial charge on any atom is -0.453 e. The molecular weight excluding hydrogens is 314 g/mol. The average molecular weight is 327 g/mol. The highest BCUT2D eigenvalue weighted by molar-refractivity contribution is 6.13. The molecule has 25 heavy (non-hydrogen) atoms. The maximum atomic E-state index is 13.0. The minimum absolute atomic E-state index is 0.00333. The van der Waals surface area contributed by atoms with Crippen LogP contribution < -0.4 is 5.43 Å². The highest BCUT2D eigenvalue weighted by Gasteiger charge is 2.23. The van der Waals surface area contributed by atoms with Crippen molar-refractivity contribution in [3.05, 3.63) is 100 Å². The van der Waals surface area contributed by atoms with Gasteiger partial charge in [0, 0.05) is 11.8 Å². The lowest BCUT2D eigenvalue weighted by Gasteiger charge is -2.09. The first-order chi connectivity index (χ1) is 12.3. The van der Waals surface area contributed by atoms with Gasteiger partial charge in [-0.05, 0) is 24.3 Å². The van der Waals surface area contributed by atoms with Gasteiger partial charge in [0.25, 0.3) is 0 Å². The summed E-state index contributed by atoms with van der Waals surface area (Å²) in [6.07, 6.45) is 1.60. The molecule has 0 N–H and O–H groups in total. The summed E-state index contributed by atoms with van der Waals surface area (Å²) in [5.41, 5.74) is 0.963. The van der Waals surface area contributed by atoms with Crippen molar-refractivity contribution in [1.29, 1.82) is 0 Å². The van der Waals surface area contributed by atoms with Gasteiger partial charge < -0.3 is 4.42 Å². The van der Waals surface area contributed by atoms with E-state index in [2.05, 4.69) is 4.98 Å². The van der Waals surface area contributed by atoms with Crippen LogP contribution in [0.2, 0.25) is 0 Å². The monoisotopic (exact) mass is 327 g/mol. The number of para-hydroxylation sites is 1. The van der Waals surface area contributed by atoms with Crippen LogP contribution in [0.3, 0.4) is 0 Å². The van der Waals surface area contributed by atoms with Crippen LogP contribution in [0.4, 0.5) is 0 Å². The van der Waals surface area contributed by atoms with E-state index in [1.807, 2.05) is 6.07 Å². The molecular formula is C21H13NO3. The van der Waals surface area contributed by atoms with Gasteiger partial charge in [-0.25, -0.2) is 0 Å². The Balaban J connectivity index is 2.06. The van der Waals surface area contributed by atoms with E-state index in [1.54, 1.807) is 72.9 Å². The number of ketones is 1. The fourth-order valence-electron chi connectivity index (χ4n) is 2.76. The molecule has 0 aliphatic rings. The molecule has 0 amide bonds. The Bertz CT molecular complexity index is 1120. The normalized spacial score (nSPS) is 10.7. The molecule has 0 bridgehead atoms. The summed E-state index contributed by atoms with van der Waals surface area (Å²) >= 11 is 0. The number of aromatic nitrogens is 1. The number of hydrogen-bond acceptors (Lipinski definition) is 4. The van der Waals surface area contributed by atoms with Crippen LogP contribution in [-0.4, -0.2) is 10.8 Å². The summed E-state index contributed by atoms with van der Waals surface area (Å²) in [5, 5.41) is 0.376. The van der Waals surface area contributed by atoms with Crippen LogP contribution in [0.25, 0.3) is 22.4 Å². The summed E-state index contributed by atoms with van der Waals surface area (Å²) in [5.74, 6) is -0.182. The number of fused-ring (bicyclic) bond motifs is 1. The van der Waals surface area contributed by atoms with Crippen LogP contribution in [-0.2, 0) is 0 Å². The predicted octanol–water partition coefficient (Wildman–Crippen LogP) is 4.09. The third-order valence-electron chi connectivity index (χ3n) is 3.96. The third-order valence-corrected chi connectivity index (χ3v) is 3.96. The van der Waals surface area contributed by atoms with Gasteiger partial charge in [-0.2, -0.15) is 0 Å². The lowest BCUT2D eigenvalue weighted by atomic mass is 9.99. The molecule has 4 rings (SSSR count). The maximum absolute atomic E-state index is 13.0. The molecule has 0 unspecified atom stereocenters. The van der Waals surface area contributed by atoms with Gasteiger partial charge >= 0.3 is 0 Å². The number of nitrogens with zero attached hydrogens (tertiary/aromatic N) is 1. The van der Waals surface area contributed by atoms with E-state index in [-0.39, 0.29) is 22.5 Å². The molecule has 2 aromatic carbocycles. The predicted molar refractivity (Wildman–Crippen MR) is 95.6 cm³/mol. The number of carbonyl (C=O) groups is 1. The van der Waals surface area contributed by atoms with Crippen molar-refractivity contribution < 1.29 is 9.21 Å². The third kappa shape index (κ3) is 2.64. The molecule has 0 atom stereocenters. The zero-order valence-corrected chi connectivity index (χ0v) is 13.2. The fraction of sp³-hybridized carbons (Fsp3) is 0. The smallest absolute Gasteiger partial charge is 0.204 e. The molecule has 0 radical (unpaired) electrons. The largest absolute Gasteiger partial charge is 0.453 e. The van der Waals surface area contributed by atoms with Crippen LogP contribution in [0.5, 0.6) is 0 Å². The molecule has 4 nitrogen and oxygen atoms in total. The quantitative estimate of drug-likeness (QED) is 0.532. The molecule has 4 aromatic rings. The Morgan fingerprint density at radius 3 is 2.32 bits per heavy atom. The van der Waals surface area contributed by atoms with Gasteiger partial charge in [0.1, 0.15) is 16.8 Å². The van der Waals surface area contributed by atoms with Crippen molar-refractivity contribution in [1.82, 2.24) is 4.98 Å². The van der Waals surface area contributed by atoms with Gasteiger partial charge in [-0.3, -0.25) is 14.6 Å². The van der Waals surface area contributed by atoms with Gasteiger partial charge in [0.15, 0.2) is 5.76 Å². The first-order valence-electron chi connectivity index (χ1n) is 7.83. The zero-order chi connectivity index (χ0) is 17.2. The highest BCUT2D eigenvalue weighted by atomic mass is 16.3. The second kappa shape index (κ2) is 6.17. The second-order valence-corrected chi connectivity index (χ2v) is 5.54. The number of pyridine rings is 1. The van der Waals surface area contributed by atoms with E-state index < -0.39 is 0 Å². The van der Waals surface area contributed by atoms with Crippen molar-refractivity contribution in [2.75, 3.05) is 0 Å². The average Bonchev–Trinajstić information content (AvgIpc) is 2.69. The van der Waals surface area contributed by atoms with Crippen molar-refractivity contribution >= 4 is 16.8 Å². The summed E-state index contributed by atoms with van der Waals surface area (Å²) < 4.78 is 5.92. The van der Waals surface area contributed by atoms with E-state index in [1.165, 1.54) is 0 Å². The molecule has 120 valence electrons. The zero-order valence-electron chi connectivity index (χ0n) is 13.2. The number of carbonyl (C=O) groups excluding carboxylic acids is 1. The van der Waals surface area contributed by atoms with E-state index >= 15 is 0 Å². The van der Waals surface area contributed by atoms with E-state index in [0.717, 1.165) is 0 Å². The molecule has 0 aliphatic carbocycles. The Labute approximate surface area is 143 Å². The second-order valence-electron chi connectivity index (χ2n) is 5.54. The molecule has 2 aromatic heterocycles. The topological polar surface area (TPSA) is 60.2 Å². The van der Waals surface area contributed by atoms with Crippen LogP contribution >= 0.6 is 0 Å². The van der Waals surface area contributed by atoms with Crippen LogP contribution in [0.15, 0.2) is 88.2 Å². The van der Waals surface area contributed by atoms with Gasteiger partial charge in [0.05, 0.1) is 5.39 Å². The summed E-state index contributed by atoms with van der Waals surface area (Å²) in [6, 6.07) is 20.9. The molecule has 0 saturated carbocycles. The first-order valence-corrected chi connectivity index (χ1v) is 7.83. The van der Waals surface area contributed by atoms with Gasteiger partial charge in [-0.15, -0.1) is 0 Å². The van der Waals surface area contributed by atoms with E-state index in [9.17, 15) is 9.59 Å². The Kier molecular flexibility index (Phi) is 3.71. The summed E-state index contributed by atoms with van der Waals surface area (Å²) in [6.45, 7) is 0. The standard InChI is InChI=1S/C21H13NO3/c23-19(14-8-2-1-3-9-14)18-20(24)15-10-4-5-12-17(15)25-21(18)16-11-6-7-13-22-16/h1-13H.